The number of fused-ring (bicyclic) bond motifs is 2. The Labute approximate surface area is 197 Å². The van der Waals surface area contributed by atoms with Crippen molar-refractivity contribution in [3.8, 4) is 34.2 Å². The number of aryl methyl sites for hydroxylation is 1. The standard InChI is InChI=1S/C26H26N6O2/c1-14(2)32-13-19(12-29-32)16-6-18(10-27)23-21(8-16)30-31(4)25(23)17-7-20-15(3)11-28-26(33)24(20)22(9-17)34-5/h6-9,12-15H,11H2,1-5H3,(H,28,33)/t15-/m0/s1. The SMILES string of the molecule is COc1cc(-c2c3c(C#N)cc(-c4cnn(C(C)C)c4)cc3nn2C)cc2c1C(=O)NC[C@@H]2C. The summed E-state index contributed by atoms with van der Waals surface area (Å²) in [5.41, 5.74) is 6.28. The second kappa shape index (κ2) is 8.03. The molecule has 1 aliphatic heterocycles. The summed E-state index contributed by atoms with van der Waals surface area (Å²) in [5.74, 6) is 0.526. The third-order valence-corrected chi connectivity index (χ3v) is 6.47. The molecule has 1 amide bonds. The highest BCUT2D eigenvalue weighted by Crippen LogP contribution is 2.40. The van der Waals surface area contributed by atoms with Crippen LogP contribution < -0.4 is 10.1 Å². The number of amides is 1. The van der Waals surface area contributed by atoms with Gasteiger partial charge in [0.2, 0.25) is 0 Å². The van der Waals surface area contributed by atoms with E-state index in [0.717, 1.165) is 38.9 Å². The predicted molar refractivity (Wildman–Crippen MR) is 130 cm³/mol. The van der Waals surface area contributed by atoms with Crippen molar-refractivity contribution in [1.82, 2.24) is 24.9 Å². The summed E-state index contributed by atoms with van der Waals surface area (Å²) in [6.45, 7) is 6.79. The van der Waals surface area contributed by atoms with E-state index in [4.69, 9.17) is 9.84 Å². The van der Waals surface area contributed by atoms with Crippen LogP contribution >= 0.6 is 0 Å². The number of ether oxygens (including phenoxy) is 1. The molecule has 8 nitrogen and oxygen atoms in total. The maximum absolute atomic E-state index is 12.5. The first-order chi connectivity index (χ1) is 16.3. The smallest absolute Gasteiger partial charge is 0.255 e. The molecule has 0 saturated carbocycles. The van der Waals surface area contributed by atoms with Gasteiger partial charge < -0.3 is 10.1 Å². The van der Waals surface area contributed by atoms with E-state index >= 15 is 0 Å². The van der Waals surface area contributed by atoms with Gasteiger partial charge in [-0.2, -0.15) is 15.5 Å². The van der Waals surface area contributed by atoms with Crippen LogP contribution in [0.3, 0.4) is 0 Å². The van der Waals surface area contributed by atoms with Gasteiger partial charge >= 0.3 is 0 Å². The number of nitrogens with zero attached hydrogens (tertiary/aromatic N) is 5. The van der Waals surface area contributed by atoms with Crippen molar-refractivity contribution in [3.05, 3.63) is 53.3 Å². The van der Waals surface area contributed by atoms with Crippen LogP contribution in [0, 0.1) is 11.3 Å². The van der Waals surface area contributed by atoms with Crippen LogP contribution in [0.15, 0.2) is 36.7 Å². The predicted octanol–water partition coefficient (Wildman–Crippen LogP) is 4.41. The average Bonchev–Trinajstić information content (AvgIpc) is 3.44. The Morgan fingerprint density at radius 2 is 2.00 bits per heavy atom. The minimum atomic E-state index is -0.129. The van der Waals surface area contributed by atoms with Crippen molar-refractivity contribution < 1.29 is 9.53 Å². The fourth-order valence-corrected chi connectivity index (χ4v) is 4.69. The van der Waals surface area contributed by atoms with Gasteiger partial charge in [0.25, 0.3) is 5.91 Å². The largest absolute Gasteiger partial charge is 0.496 e. The quantitative estimate of drug-likeness (QED) is 0.493. The maximum Gasteiger partial charge on any atom is 0.255 e. The van der Waals surface area contributed by atoms with Gasteiger partial charge in [-0.3, -0.25) is 14.2 Å². The second-order valence-corrected chi connectivity index (χ2v) is 9.06. The summed E-state index contributed by atoms with van der Waals surface area (Å²) in [6.07, 6.45) is 3.80. The Morgan fingerprint density at radius 3 is 2.68 bits per heavy atom. The van der Waals surface area contributed by atoms with E-state index in [0.29, 0.717) is 23.4 Å². The van der Waals surface area contributed by atoms with E-state index < -0.39 is 0 Å². The molecule has 34 heavy (non-hydrogen) atoms. The zero-order chi connectivity index (χ0) is 24.1. The van der Waals surface area contributed by atoms with Crippen LogP contribution in [0.2, 0.25) is 0 Å². The van der Waals surface area contributed by atoms with Crippen molar-refractivity contribution in [1.29, 1.82) is 5.26 Å². The summed E-state index contributed by atoms with van der Waals surface area (Å²) in [7, 11) is 3.44. The highest BCUT2D eigenvalue weighted by Gasteiger charge is 2.28. The Bertz CT molecular complexity index is 1490. The zero-order valence-corrected chi connectivity index (χ0v) is 19.9. The zero-order valence-electron chi connectivity index (χ0n) is 19.9. The van der Waals surface area contributed by atoms with Gasteiger partial charge in [0, 0.05) is 42.3 Å². The lowest BCUT2D eigenvalue weighted by molar-refractivity contribution is 0.0938. The Kier molecular flexibility index (Phi) is 5.13. The van der Waals surface area contributed by atoms with Crippen LogP contribution in [0.5, 0.6) is 5.75 Å². The first-order valence-electron chi connectivity index (χ1n) is 11.3. The summed E-state index contributed by atoms with van der Waals surface area (Å²) in [6, 6.07) is 10.4. The molecule has 1 aliphatic rings. The molecule has 8 heteroatoms. The molecule has 0 bridgehead atoms. The molecule has 5 rings (SSSR count). The fourth-order valence-electron chi connectivity index (χ4n) is 4.69. The van der Waals surface area contributed by atoms with Crippen LogP contribution in [-0.4, -0.2) is 39.1 Å². The molecule has 4 aromatic rings. The average molecular weight is 455 g/mol. The number of nitrogens with one attached hydrogen (secondary N) is 1. The van der Waals surface area contributed by atoms with Gasteiger partial charge in [0.1, 0.15) is 5.75 Å². The Hall–Kier alpha value is -4.12. The third-order valence-electron chi connectivity index (χ3n) is 6.47. The van der Waals surface area contributed by atoms with Crippen LogP contribution in [0.1, 0.15) is 54.2 Å². The lowest BCUT2D eigenvalue weighted by atomic mass is 9.88. The molecule has 1 N–H and O–H groups in total. The second-order valence-electron chi connectivity index (χ2n) is 9.06. The van der Waals surface area contributed by atoms with Crippen molar-refractivity contribution >= 4 is 16.8 Å². The fraction of sp³-hybridized carbons (Fsp3) is 0.308. The van der Waals surface area contributed by atoms with Gasteiger partial charge in [-0.25, -0.2) is 0 Å². The van der Waals surface area contributed by atoms with E-state index in [-0.39, 0.29) is 17.9 Å². The number of benzene rings is 2. The van der Waals surface area contributed by atoms with Gasteiger partial charge in [-0.15, -0.1) is 0 Å². The molecule has 0 saturated heterocycles. The van der Waals surface area contributed by atoms with Gasteiger partial charge in [-0.1, -0.05) is 6.92 Å². The lowest BCUT2D eigenvalue weighted by Crippen LogP contribution is -2.34. The molecule has 1 atom stereocenters. The molecule has 0 unspecified atom stereocenters. The summed E-state index contributed by atoms with van der Waals surface area (Å²) in [4.78, 5) is 12.5. The van der Waals surface area contributed by atoms with Crippen molar-refractivity contribution in [2.24, 2.45) is 7.05 Å². The molecule has 172 valence electrons. The molecular weight excluding hydrogens is 428 g/mol. The molecular formula is C26H26N6O2. The molecule has 0 radical (unpaired) electrons. The van der Waals surface area contributed by atoms with Crippen molar-refractivity contribution in [2.75, 3.05) is 13.7 Å². The number of carbonyl (C=O) groups is 1. The molecule has 0 aliphatic carbocycles. The van der Waals surface area contributed by atoms with Gasteiger partial charge in [0.15, 0.2) is 0 Å². The van der Waals surface area contributed by atoms with E-state index in [9.17, 15) is 10.1 Å². The first-order valence-corrected chi connectivity index (χ1v) is 11.3. The van der Waals surface area contributed by atoms with Crippen molar-refractivity contribution in [2.45, 2.75) is 32.7 Å². The lowest BCUT2D eigenvalue weighted by Gasteiger charge is -2.25. The van der Waals surface area contributed by atoms with Crippen LogP contribution in [0.25, 0.3) is 33.3 Å². The molecule has 0 spiro atoms. The normalized spacial score (nSPS) is 15.3. The number of nitriles is 1. The number of hydrogen-bond acceptors (Lipinski definition) is 5. The minimum Gasteiger partial charge on any atom is -0.496 e. The van der Waals surface area contributed by atoms with E-state index in [1.165, 1.54) is 0 Å². The molecule has 2 aromatic carbocycles. The number of rotatable bonds is 4. The minimum absolute atomic E-state index is 0.129. The van der Waals surface area contributed by atoms with E-state index in [2.05, 4.69) is 37.3 Å². The summed E-state index contributed by atoms with van der Waals surface area (Å²) >= 11 is 0. The summed E-state index contributed by atoms with van der Waals surface area (Å²) in [5, 5.41) is 22.9. The van der Waals surface area contributed by atoms with Crippen LogP contribution in [-0.2, 0) is 7.05 Å². The Balaban J connectivity index is 1.73. The Morgan fingerprint density at radius 1 is 1.21 bits per heavy atom. The van der Waals surface area contributed by atoms with E-state index in [1.54, 1.807) is 11.8 Å². The highest BCUT2D eigenvalue weighted by atomic mass is 16.5. The van der Waals surface area contributed by atoms with Gasteiger partial charge in [-0.05, 0) is 55.2 Å². The van der Waals surface area contributed by atoms with Crippen molar-refractivity contribution in [3.63, 3.8) is 0 Å². The van der Waals surface area contributed by atoms with Gasteiger partial charge in [0.05, 0.1) is 41.7 Å². The number of aromatic nitrogens is 4. The monoisotopic (exact) mass is 454 g/mol. The number of carbonyl (C=O) groups excluding carboxylic acids is 1. The highest BCUT2D eigenvalue weighted by molar-refractivity contribution is 6.03. The third kappa shape index (κ3) is 3.32. The summed E-state index contributed by atoms with van der Waals surface area (Å²) < 4.78 is 9.30. The van der Waals surface area contributed by atoms with E-state index in [1.807, 2.05) is 48.4 Å². The number of methoxy groups -OCH3 is 1. The molecule has 2 aromatic heterocycles. The number of hydrogen-bond donors (Lipinski definition) is 1. The van der Waals surface area contributed by atoms with Crippen LogP contribution in [0.4, 0.5) is 0 Å². The maximum atomic E-state index is 12.5. The topological polar surface area (TPSA) is 97.8 Å². The molecule has 3 heterocycles. The molecule has 0 fully saturated rings. The first kappa shape index (κ1) is 21.7.